The average molecular weight is 591 g/mol. The molecule has 0 saturated carbocycles. The highest BCUT2D eigenvalue weighted by Gasteiger charge is 2.19. The minimum absolute atomic E-state index is 0.640. The van der Waals surface area contributed by atoms with E-state index in [1.54, 1.807) is 0 Å². The molecule has 46 heavy (non-hydrogen) atoms. The summed E-state index contributed by atoms with van der Waals surface area (Å²) in [6, 6.07) is 49.4. The molecule has 6 aromatic carbocycles. The van der Waals surface area contributed by atoms with Crippen LogP contribution < -0.4 is 0 Å². The quantitative estimate of drug-likeness (QED) is 0.206. The van der Waals surface area contributed by atoms with Gasteiger partial charge in [0.05, 0.1) is 27.8 Å². The molecule has 0 saturated heterocycles. The Morgan fingerprint density at radius 2 is 1.09 bits per heavy atom. The van der Waals surface area contributed by atoms with Gasteiger partial charge in [0.25, 0.3) is 0 Å². The van der Waals surface area contributed by atoms with Crippen molar-refractivity contribution in [3.8, 4) is 22.8 Å². The highest BCUT2D eigenvalue weighted by molar-refractivity contribution is 6.12. The molecule has 5 heteroatoms. The molecular weight excluding hydrogens is 564 g/mol. The largest absolute Gasteiger partial charge is 0.452 e. The van der Waals surface area contributed by atoms with Crippen molar-refractivity contribution in [2.24, 2.45) is 0 Å². The van der Waals surface area contributed by atoms with Crippen LogP contribution in [0.2, 0.25) is 0 Å². The lowest BCUT2D eigenvalue weighted by atomic mass is 10.0. The van der Waals surface area contributed by atoms with Gasteiger partial charge in [-0.15, -0.1) is 0 Å². The zero-order valence-electron chi connectivity index (χ0n) is 25.0. The Morgan fingerprint density at radius 1 is 0.478 bits per heavy atom. The number of aryl methyl sites for hydroxylation is 1. The maximum atomic E-state index is 6.17. The van der Waals surface area contributed by atoms with Crippen LogP contribution in [-0.4, -0.2) is 19.1 Å². The van der Waals surface area contributed by atoms with Gasteiger partial charge in [0.2, 0.25) is 5.95 Å². The lowest BCUT2D eigenvalue weighted by Crippen LogP contribution is -2.02. The summed E-state index contributed by atoms with van der Waals surface area (Å²) in [4.78, 5) is 10.1. The van der Waals surface area contributed by atoms with Gasteiger partial charge in [0.15, 0.2) is 5.58 Å². The van der Waals surface area contributed by atoms with Crippen LogP contribution in [0.3, 0.4) is 0 Å². The zero-order chi connectivity index (χ0) is 30.4. The molecule has 0 bridgehead atoms. The fourth-order valence-electron chi connectivity index (χ4n) is 7.19. The molecule has 216 valence electrons. The van der Waals surface area contributed by atoms with Crippen LogP contribution in [0.5, 0.6) is 0 Å². The molecular formula is C41H26N4O. The molecule has 0 amide bonds. The zero-order valence-corrected chi connectivity index (χ0v) is 25.0. The van der Waals surface area contributed by atoms with Gasteiger partial charge in [-0.05, 0) is 72.6 Å². The molecule has 0 atom stereocenters. The Bertz CT molecular complexity index is 2820. The van der Waals surface area contributed by atoms with E-state index in [9.17, 15) is 0 Å². The van der Waals surface area contributed by atoms with Crippen LogP contribution in [0.15, 0.2) is 144 Å². The van der Waals surface area contributed by atoms with E-state index in [-0.39, 0.29) is 0 Å². The third-order valence-corrected chi connectivity index (χ3v) is 9.27. The number of benzene rings is 6. The van der Waals surface area contributed by atoms with Crippen molar-refractivity contribution in [2.45, 2.75) is 6.92 Å². The van der Waals surface area contributed by atoms with Crippen molar-refractivity contribution in [2.75, 3.05) is 0 Å². The van der Waals surface area contributed by atoms with E-state index < -0.39 is 0 Å². The second kappa shape index (κ2) is 9.40. The van der Waals surface area contributed by atoms with Crippen molar-refractivity contribution in [3.63, 3.8) is 0 Å². The van der Waals surface area contributed by atoms with Gasteiger partial charge in [0, 0.05) is 32.6 Å². The molecule has 0 N–H and O–H groups in total. The molecule has 10 rings (SSSR count). The first-order valence-electron chi connectivity index (χ1n) is 15.5. The minimum atomic E-state index is 0.640. The van der Waals surface area contributed by atoms with Crippen molar-refractivity contribution in [3.05, 3.63) is 145 Å². The van der Waals surface area contributed by atoms with E-state index >= 15 is 0 Å². The molecule has 5 nitrogen and oxygen atoms in total. The molecule has 4 heterocycles. The maximum absolute atomic E-state index is 6.17. The topological polar surface area (TPSA) is 48.8 Å². The van der Waals surface area contributed by atoms with E-state index in [4.69, 9.17) is 14.4 Å². The lowest BCUT2D eigenvalue weighted by Gasteiger charge is -2.09. The number of rotatable bonds is 3. The first-order chi connectivity index (χ1) is 22.7. The van der Waals surface area contributed by atoms with Crippen LogP contribution in [0.4, 0.5) is 0 Å². The molecule has 0 spiro atoms. The number of para-hydroxylation sites is 4. The Kier molecular flexibility index (Phi) is 5.14. The number of furan rings is 1. The molecule has 4 aromatic heterocycles. The van der Waals surface area contributed by atoms with Crippen LogP contribution in [0.25, 0.3) is 88.4 Å². The van der Waals surface area contributed by atoms with Crippen LogP contribution in [0.1, 0.15) is 5.69 Å². The highest BCUT2D eigenvalue weighted by Crippen LogP contribution is 2.38. The van der Waals surface area contributed by atoms with Gasteiger partial charge in [-0.1, -0.05) is 84.9 Å². The average Bonchev–Trinajstić information content (AvgIpc) is 3.76. The maximum Gasteiger partial charge on any atom is 0.235 e. The summed E-state index contributed by atoms with van der Waals surface area (Å²) in [6.07, 6.45) is 0. The van der Waals surface area contributed by atoms with E-state index in [1.165, 1.54) is 32.6 Å². The second-order valence-corrected chi connectivity index (χ2v) is 11.9. The van der Waals surface area contributed by atoms with Crippen molar-refractivity contribution in [1.82, 2.24) is 19.1 Å². The highest BCUT2D eigenvalue weighted by atomic mass is 16.3. The predicted octanol–water partition coefficient (Wildman–Crippen LogP) is 10.5. The van der Waals surface area contributed by atoms with Crippen molar-refractivity contribution < 1.29 is 4.42 Å². The minimum Gasteiger partial charge on any atom is -0.452 e. The number of nitrogens with zero attached hydrogens (tertiary/aromatic N) is 4. The number of fused-ring (bicyclic) bond motifs is 9. The van der Waals surface area contributed by atoms with Gasteiger partial charge in [-0.3, -0.25) is 4.57 Å². The lowest BCUT2D eigenvalue weighted by molar-refractivity contribution is 0.660. The van der Waals surface area contributed by atoms with E-state index in [1.807, 2.05) is 25.1 Å². The van der Waals surface area contributed by atoms with E-state index in [0.717, 1.165) is 55.6 Å². The Morgan fingerprint density at radius 3 is 1.91 bits per heavy atom. The fourth-order valence-corrected chi connectivity index (χ4v) is 7.19. The second-order valence-electron chi connectivity index (χ2n) is 11.9. The summed E-state index contributed by atoms with van der Waals surface area (Å²) >= 11 is 0. The Balaban J connectivity index is 1.22. The SMILES string of the molecule is Cc1nc(-n2c3ccccc3c3ccc(-c4ccc5c(c4)c4ccccc4n5-c4ccccc4)cc32)nc2c1oc1ccccc12. The van der Waals surface area contributed by atoms with Crippen molar-refractivity contribution >= 4 is 65.7 Å². The molecule has 10 aromatic rings. The van der Waals surface area contributed by atoms with Gasteiger partial charge in [0.1, 0.15) is 11.1 Å². The summed E-state index contributed by atoms with van der Waals surface area (Å²) in [7, 11) is 0. The normalized spacial score (nSPS) is 12.0. The molecule has 0 fully saturated rings. The summed E-state index contributed by atoms with van der Waals surface area (Å²) in [5.74, 6) is 0.640. The van der Waals surface area contributed by atoms with E-state index in [0.29, 0.717) is 5.95 Å². The van der Waals surface area contributed by atoms with Gasteiger partial charge in [-0.2, -0.15) is 0 Å². The van der Waals surface area contributed by atoms with Gasteiger partial charge >= 0.3 is 0 Å². The first-order valence-corrected chi connectivity index (χ1v) is 15.5. The van der Waals surface area contributed by atoms with E-state index in [2.05, 4.69) is 130 Å². The number of hydrogen-bond acceptors (Lipinski definition) is 3. The standard InChI is InChI=1S/C41H26N4O/c1-25-40-39(32-15-7-10-18-38(32)46-40)43-41(42-25)45-35-17-9-5-13-29(35)31-21-19-27(24-37(31)45)26-20-22-36-33(23-26)30-14-6-8-16-34(30)44(36)28-11-3-2-4-12-28/h2-24H,1H3. The van der Waals surface area contributed by atoms with Crippen LogP contribution in [0, 0.1) is 6.92 Å². The fraction of sp³-hybridized carbons (Fsp3) is 0.0244. The summed E-state index contributed by atoms with van der Waals surface area (Å²) < 4.78 is 10.7. The van der Waals surface area contributed by atoms with Crippen LogP contribution >= 0.6 is 0 Å². The third-order valence-electron chi connectivity index (χ3n) is 9.27. The Labute approximate surface area is 263 Å². The molecule has 0 unspecified atom stereocenters. The Hall–Kier alpha value is -6.20. The smallest absolute Gasteiger partial charge is 0.235 e. The number of aromatic nitrogens is 4. The monoisotopic (exact) mass is 590 g/mol. The molecule has 0 radical (unpaired) electrons. The van der Waals surface area contributed by atoms with Crippen LogP contribution in [-0.2, 0) is 0 Å². The summed E-state index contributed by atoms with van der Waals surface area (Å²) in [6.45, 7) is 2.00. The summed E-state index contributed by atoms with van der Waals surface area (Å²) in [5, 5.41) is 5.80. The predicted molar refractivity (Wildman–Crippen MR) is 188 cm³/mol. The number of hydrogen-bond donors (Lipinski definition) is 0. The third kappa shape index (κ3) is 3.51. The van der Waals surface area contributed by atoms with Crippen molar-refractivity contribution in [1.29, 1.82) is 0 Å². The van der Waals surface area contributed by atoms with Gasteiger partial charge < -0.3 is 8.98 Å². The summed E-state index contributed by atoms with van der Waals surface area (Å²) in [5.41, 5.74) is 11.2. The molecule has 0 aliphatic heterocycles. The first kappa shape index (κ1) is 25.2. The molecule has 0 aliphatic rings. The molecule has 0 aliphatic carbocycles. The van der Waals surface area contributed by atoms with Gasteiger partial charge in [-0.25, -0.2) is 9.97 Å².